The van der Waals surface area contributed by atoms with E-state index in [1.54, 1.807) is 0 Å². The first-order valence-corrected chi connectivity index (χ1v) is 39.1. The zero-order valence-corrected chi connectivity index (χ0v) is 68.3. The summed E-state index contributed by atoms with van der Waals surface area (Å²) in [5, 5.41) is 9.77. The summed E-state index contributed by atoms with van der Waals surface area (Å²) >= 11 is 0. The molecule has 0 atom stereocenters. The van der Waals surface area contributed by atoms with Gasteiger partial charge in [-0.15, -0.1) is 0 Å². The molecular formula is C101H107N7. The summed E-state index contributed by atoms with van der Waals surface area (Å²) in [5.74, 6) is 1.71. The minimum atomic E-state index is -0.0997. The van der Waals surface area contributed by atoms with Gasteiger partial charge in [0.15, 0.2) is 17.5 Å². The van der Waals surface area contributed by atoms with Crippen molar-refractivity contribution in [3.8, 4) is 56.9 Å². The Morgan fingerprint density at radius 1 is 0.194 bits per heavy atom. The maximum Gasteiger partial charge on any atom is 0.166 e. The topological polar surface area (TPSA) is 58.4 Å². The summed E-state index contributed by atoms with van der Waals surface area (Å²) in [6.07, 6.45) is 0. The lowest BCUT2D eigenvalue weighted by molar-refractivity contribution is 0.590. The van der Waals surface area contributed by atoms with Crippen LogP contribution in [0.3, 0.4) is 0 Å². The molecule has 11 aromatic carbocycles. The molecule has 5 heterocycles. The molecular weight excluding hydrogens is 1310 g/mol. The molecule has 0 N–H and O–H groups in total. The monoisotopic (exact) mass is 1420 g/mol. The van der Waals surface area contributed by atoms with Gasteiger partial charge in [0.2, 0.25) is 0 Å². The van der Waals surface area contributed by atoms with Gasteiger partial charge in [0.25, 0.3) is 0 Å². The second-order valence-electron chi connectivity index (χ2n) is 39.3. The number of hydrogen-bond donors (Lipinski definition) is 0. The Bertz CT molecular complexity index is 5700. The summed E-state index contributed by atoms with van der Waals surface area (Å²) in [7, 11) is 0. The lowest BCUT2D eigenvalue weighted by Gasteiger charge is -2.21. The number of benzene rings is 11. The number of hydrogen-bond acceptors (Lipinski definition) is 3. The van der Waals surface area contributed by atoms with Crippen molar-refractivity contribution in [1.29, 1.82) is 0 Å². The maximum atomic E-state index is 6.00. The smallest absolute Gasteiger partial charge is 0.166 e. The van der Waals surface area contributed by atoms with E-state index >= 15 is 0 Å². The molecule has 0 aliphatic rings. The van der Waals surface area contributed by atoms with Gasteiger partial charge in [-0.1, -0.05) is 245 Å². The second kappa shape index (κ2) is 24.6. The first-order valence-electron chi connectivity index (χ1n) is 39.1. The van der Waals surface area contributed by atoms with Gasteiger partial charge in [-0.05, 0) is 221 Å². The van der Waals surface area contributed by atoms with Crippen molar-refractivity contribution in [1.82, 2.24) is 33.2 Å². The summed E-state index contributed by atoms with van der Waals surface area (Å²) in [6, 6.07) is 81.7. The minimum Gasteiger partial charge on any atom is -0.309 e. The van der Waals surface area contributed by atoms with E-state index < -0.39 is 0 Å². The van der Waals surface area contributed by atoms with E-state index in [1.165, 1.54) is 87.6 Å². The number of fused-ring (bicyclic) bond motifs is 12. The highest BCUT2D eigenvalue weighted by atomic mass is 15.1. The molecule has 16 aromatic rings. The van der Waals surface area contributed by atoms with Crippen LogP contribution < -0.4 is 0 Å². The standard InChI is InChI=1S/C101H107N7/c1-94(2,3)61-30-42-81-73(50-61)74-51-62(95(4,5)6)31-43-82(74)105(81)69-38-40-71(89(58-69)107-85-46-34-65(98(13,14)15)54-77(85)78-55-66(99(16,17)18)35-47-86(78)107)92-102-91(60-28-26-25-27-29-60)103-93(104-92)72-41-39-70(106-83-44-32-63(96(7,8)9)52-75(83)76-53-64(97(10,11)12)33-45-84(76)106)59-90(72)108-87-48-36-67(100(19,20)21)56-79(87)80-57-68(101(22,23)24)37-49-88(80)108/h25-59H,1-24H3. The molecule has 0 radical (unpaired) electrons. The number of rotatable bonds is 7. The van der Waals surface area contributed by atoms with Crippen LogP contribution in [0.15, 0.2) is 212 Å². The molecule has 0 aliphatic carbocycles. The number of nitrogens with zero attached hydrogens (tertiary/aromatic N) is 7. The molecule has 0 saturated heterocycles. The molecule has 16 rings (SSSR count). The fourth-order valence-corrected chi connectivity index (χ4v) is 16.3. The highest BCUT2D eigenvalue weighted by molar-refractivity contribution is 6.14. The fourth-order valence-electron chi connectivity index (χ4n) is 16.3. The van der Waals surface area contributed by atoms with E-state index in [2.05, 4.69) is 397 Å². The van der Waals surface area contributed by atoms with Crippen LogP contribution in [0.25, 0.3) is 144 Å². The molecule has 0 bridgehead atoms. The minimum absolute atomic E-state index is 0.0598. The summed E-state index contributed by atoms with van der Waals surface area (Å²) < 4.78 is 10.0. The summed E-state index contributed by atoms with van der Waals surface area (Å²) in [5.41, 5.74) is 25.4. The maximum absolute atomic E-state index is 6.00. The first-order chi connectivity index (χ1) is 50.6. The lowest BCUT2D eigenvalue weighted by Crippen LogP contribution is -2.10. The quantitative estimate of drug-likeness (QED) is 0.160. The predicted octanol–water partition coefficient (Wildman–Crippen LogP) is 27.6. The number of aromatic nitrogens is 7. The van der Waals surface area contributed by atoms with Crippen molar-refractivity contribution in [2.45, 2.75) is 209 Å². The molecule has 0 amide bonds. The summed E-state index contributed by atoms with van der Waals surface area (Å²) in [4.78, 5) is 17.5. The summed E-state index contributed by atoms with van der Waals surface area (Å²) in [6.45, 7) is 55.6. The molecule has 0 aliphatic heterocycles. The molecule has 0 saturated carbocycles. The first kappa shape index (κ1) is 71.9. The van der Waals surface area contributed by atoms with Gasteiger partial charge >= 0.3 is 0 Å². The Balaban J connectivity index is 1.03. The van der Waals surface area contributed by atoms with Crippen LogP contribution in [-0.4, -0.2) is 33.2 Å². The highest BCUT2D eigenvalue weighted by Crippen LogP contribution is 2.47. The lowest BCUT2D eigenvalue weighted by atomic mass is 9.85. The van der Waals surface area contributed by atoms with Crippen molar-refractivity contribution in [2.24, 2.45) is 0 Å². The Kier molecular flexibility index (Phi) is 16.4. The van der Waals surface area contributed by atoms with E-state index in [1.807, 2.05) is 0 Å². The Labute approximate surface area is 639 Å². The zero-order chi connectivity index (χ0) is 76.8. The van der Waals surface area contributed by atoms with Gasteiger partial charge in [-0.3, -0.25) is 0 Å². The van der Waals surface area contributed by atoms with E-state index in [4.69, 9.17) is 15.0 Å². The van der Waals surface area contributed by atoms with Crippen molar-refractivity contribution in [3.05, 3.63) is 257 Å². The Morgan fingerprint density at radius 3 is 0.611 bits per heavy atom. The van der Waals surface area contributed by atoms with Crippen molar-refractivity contribution in [3.63, 3.8) is 0 Å². The van der Waals surface area contributed by atoms with Crippen molar-refractivity contribution >= 4 is 87.2 Å². The van der Waals surface area contributed by atoms with Crippen LogP contribution in [0, 0.1) is 0 Å². The molecule has 0 fully saturated rings. The fraction of sp³-hybridized carbons (Fsp3) is 0.317. The van der Waals surface area contributed by atoms with Crippen LogP contribution in [-0.2, 0) is 43.3 Å². The molecule has 7 nitrogen and oxygen atoms in total. The zero-order valence-electron chi connectivity index (χ0n) is 68.3. The third-order valence-electron chi connectivity index (χ3n) is 23.1. The van der Waals surface area contributed by atoms with Gasteiger partial charge in [-0.2, -0.15) is 0 Å². The van der Waals surface area contributed by atoms with Gasteiger partial charge in [0, 0.05) is 71.2 Å². The predicted molar refractivity (Wildman–Crippen MR) is 463 cm³/mol. The molecule has 546 valence electrons. The van der Waals surface area contributed by atoms with Crippen molar-refractivity contribution in [2.75, 3.05) is 0 Å². The molecule has 7 heteroatoms. The Morgan fingerprint density at radius 2 is 0.398 bits per heavy atom. The van der Waals surface area contributed by atoms with Crippen LogP contribution >= 0.6 is 0 Å². The Hall–Kier alpha value is -10.4. The van der Waals surface area contributed by atoms with Gasteiger partial charge in [-0.25, -0.2) is 15.0 Å². The molecule has 5 aromatic heterocycles. The molecule has 108 heavy (non-hydrogen) atoms. The normalized spacial score (nSPS) is 13.4. The SMILES string of the molecule is CC(C)(C)c1ccc2c(c1)c1cc(C(C)(C)C)ccc1n2-c1ccc(-c2nc(-c3ccccc3)nc(-c3ccc(-n4c5ccc(C(C)(C)C)cc5c5cc(C(C)(C)C)ccc54)cc3-n3c4ccc(C(C)(C)C)cc4c4cc(C(C)(C)C)ccc43)n2)c(-n2c3ccc(C(C)(C)C)cc3c3cc(C(C)(C)C)ccc32)c1. The van der Waals surface area contributed by atoms with E-state index in [-0.39, 0.29) is 43.3 Å². The largest absolute Gasteiger partial charge is 0.309 e. The van der Waals surface area contributed by atoms with E-state index in [9.17, 15) is 0 Å². The van der Waals surface area contributed by atoms with Gasteiger partial charge < -0.3 is 18.3 Å². The van der Waals surface area contributed by atoms with Crippen LogP contribution in [0.4, 0.5) is 0 Å². The molecule has 0 unspecified atom stereocenters. The van der Waals surface area contributed by atoms with Gasteiger partial charge in [0.1, 0.15) is 0 Å². The van der Waals surface area contributed by atoms with E-state index in [0.29, 0.717) is 17.5 Å². The average molecular weight is 1420 g/mol. The van der Waals surface area contributed by atoms with E-state index in [0.717, 1.165) is 83.6 Å². The van der Waals surface area contributed by atoms with Gasteiger partial charge in [0.05, 0.1) is 55.5 Å². The third kappa shape index (κ3) is 12.3. The van der Waals surface area contributed by atoms with Crippen LogP contribution in [0.1, 0.15) is 211 Å². The second-order valence-corrected chi connectivity index (χ2v) is 39.3. The molecule has 0 spiro atoms. The van der Waals surface area contributed by atoms with Crippen LogP contribution in [0.2, 0.25) is 0 Å². The highest BCUT2D eigenvalue weighted by Gasteiger charge is 2.31. The third-order valence-corrected chi connectivity index (χ3v) is 23.1. The van der Waals surface area contributed by atoms with Crippen LogP contribution in [0.5, 0.6) is 0 Å². The van der Waals surface area contributed by atoms with Crippen molar-refractivity contribution < 1.29 is 0 Å². The average Bonchev–Trinajstić information content (AvgIpc) is 1.56.